The number of amides is 2. The molecule has 3 aromatic carbocycles. The smallest absolute Gasteiger partial charge is 0.407 e. The van der Waals surface area contributed by atoms with Gasteiger partial charge in [-0.2, -0.15) is 0 Å². The molecular formula is C27H30N2O3. The number of carbonyl (C=O) groups excluding carboxylic acids is 2. The zero-order valence-corrected chi connectivity index (χ0v) is 18.4. The standard InChI is InChI=1S/C27H30N2O3/c1-2-18-27(23-14-8-4-9-15-23,24-16-10-5-11-17-24)21-29-25(30)19-28-26(31)32-20-22-12-6-3-7-13-22/h3-17H,2,18-21H2,1H3,(H,28,31)(H,29,30). The first-order valence-electron chi connectivity index (χ1n) is 11.0. The molecule has 0 fully saturated rings. The molecule has 5 nitrogen and oxygen atoms in total. The van der Waals surface area contributed by atoms with Crippen LogP contribution in [0.15, 0.2) is 91.0 Å². The number of benzene rings is 3. The Balaban J connectivity index is 1.62. The fourth-order valence-electron chi connectivity index (χ4n) is 3.93. The highest BCUT2D eigenvalue weighted by atomic mass is 16.5. The average molecular weight is 431 g/mol. The highest BCUT2D eigenvalue weighted by Gasteiger charge is 2.33. The van der Waals surface area contributed by atoms with Crippen molar-refractivity contribution >= 4 is 12.0 Å². The van der Waals surface area contributed by atoms with Crippen LogP contribution in [0.4, 0.5) is 4.79 Å². The van der Waals surface area contributed by atoms with Gasteiger partial charge >= 0.3 is 6.09 Å². The normalized spacial score (nSPS) is 10.9. The van der Waals surface area contributed by atoms with E-state index in [1.165, 1.54) is 0 Å². The Morgan fingerprint density at radius 3 is 1.84 bits per heavy atom. The van der Waals surface area contributed by atoms with E-state index < -0.39 is 6.09 Å². The largest absolute Gasteiger partial charge is 0.445 e. The van der Waals surface area contributed by atoms with Gasteiger partial charge in [0, 0.05) is 12.0 Å². The molecule has 0 aliphatic rings. The molecule has 0 atom stereocenters. The summed E-state index contributed by atoms with van der Waals surface area (Å²) in [6, 6.07) is 29.9. The summed E-state index contributed by atoms with van der Waals surface area (Å²) >= 11 is 0. The van der Waals surface area contributed by atoms with Crippen LogP contribution in [-0.2, 0) is 21.6 Å². The molecule has 2 amide bonds. The van der Waals surface area contributed by atoms with Crippen molar-refractivity contribution in [3.8, 4) is 0 Å². The summed E-state index contributed by atoms with van der Waals surface area (Å²) < 4.78 is 5.17. The molecule has 0 saturated heterocycles. The van der Waals surface area contributed by atoms with Crippen LogP contribution in [0.3, 0.4) is 0 Å². The summed E-state index contributed by atoms with van der Waals surface area (Å²) in [6.45, 7) is 2.61. The fourth-order valence-corrected chi connectivity index (χ4v) is 3.93. The van der Waals surface area contributed by atoms with Gasteiger partial charge in [-0.25, -0.2) is 4.79 Å². The van der Waals surface area contributed by atoms with E-state index in [0.29, 0.717) is 6.54 Å². The minimum Gasteiger partial charge on any atom is -0.445 e. The maximum Gasteiger partial charge on any atom is 0.407 e. The average Bonchev–Trinajstić information content (AvgIpc) is 2.85. The van der Waals surface area contributed by atoms with Crippen LogP contribution < -0.4 is 10.6 Å². The molecule has 0 bridgehead atoms. The SMILES string of the molecule is CCCC(CNC(=O)CNC(=O)OCc1ccccc1)(c1ccccc1)c1ccccc1. The number of ether oxygens (including phenoxy) is 1. The summed E-state index contributed by atoms with van der Waals surface area (Å²) in [5.74, 6) is -0.256. The molecule has 0 radical (unpaired) electrons. The van der Waals surface area contributed by atoms with E-state index in [4.69, 9.17) is 4.74 Å². The second-order valence-corrected chi connectivity index (χ2v) is 7.76. The van der Waals surface area contributed by atoms with Crippen molar-refractivity contribution in [2.75, 3.05) is 13.1 Å². The third kappa shape index (κ3) is 6.20. The molecular weight excluding hydrogens is 400 g/mol. The van der Waals surface area contributed by atoms with Crippen molar-refractivity contribution in [2.45, 2.75) is 31.8 Å². The monoisotopic (exact) mass is 430 g/mol. The van der Waals surface area contributed by atoms with Gasteiger partial charge in [0.2, 0.25) is 5.91 Å². The van der Waals surface area contributed by atoms with Crippen LogP contribution in [0.1, 0.15) is 36.5 Å². The van der Waals surface area contributed by atoms with Gasteiger partial charge in [-0.1, -0.05) is 104 Å². The zero-order chi connectivity index (χ0) is 22.7. The lowest BCUT2D eigenvalue weighted by Crippen LogP contribution is -2.45. The second kappa shape index (κ2) is 11.7. The topological polar surface area (TPSA) is 67.4 Å². The molecule has 0 saturated carbocycles. The highest BCUT2D eigenvalue weighted by Crippen LogP contribution is 2.36. The minimum atomic E-state index is -0.616. The third-order valence-corrected chi connectivity index (χ3v) is 5.52. The first kappa shape index (κ1) is 23.1. The van der Waals surface area contributed by atoms with E-state index in [1.54, 1.807) is 0 Å². The number of nitrogens with one attached hydrogen (secondary N) is 2. The van der Waals surface area contributed by atoms with Gasteiger partial charge < -0.3 is 15.4 Å². The van der Waals surface area contributed by atoms with E-state index in [0.717, 1.165) is 29.5 Å². The van der Waals surface area contributed by atoms with E-state index in [-0.39, 0.29) is 24.5 Å². The number of hydrogen-bond donors (Lipinski definition) is 2. The van der Waals surface area contributed by atoms with Gasteiger partial charge in [0.25, 0.3) is 0 Å². The molecule has 5 heteroatoms. The van der Waals surface area contributed by atoms with Gasteiger partial charge in [0.15, 0.2) is 0 Å². The maximum absolute atomic E-state index is 12.6. The van der Waals surface area contributed by atoms with Crippen LogP contribution in [0.2, 0.25) is 0 Å². The summed E-state index contributed by atoms with van der Waals surface area (Å²) in [6.07, 6.45) is 1.23. The van der Waals surface area contributed by atoms with Gasteiger partial charge in [-0.3, -0.25) is 4.79 Å². The predicted octanol–water partition coefficient (Wildman–Crippen LogP) is 4.82. The Hall–Kier alpha value is -3.60. The quantitative estimate of drug-likeness (QED) is 0.485. The number of alkyl carbamates (subject to hydrolysis) is 1. The summed E-state index contributed by atoms with van der Waals surface area (Å²) in [5.41, 5.74) is 2.86. The van der Waals surface area contributed by atoms with E-state index in [1.807, 2.05) is 66.7 Å². The van der Waals surface area contributed by atoms with E-state index in [9.17, 15) is 9.59 Å². The molecule has 0 spiro atoms. The van der Waals surface area contributed by atoms with Crippen LogP contribution >= 0.6 is 0 Å². The first-order valence-corrected chi connectivity index (χ1v) is 11.0. The molecule has 0 aliphatic heterocycles. The molecule has 3 rings (SSSR count). The lowest BCUT2D eigenvalue weighted by Gasteiger charge is -2.35. The number of carbonyl (C=O) groups is 2. The van der Waals surface area contributed by atoms with Crippen LogP contribution in [0, 0.1) is 0 Å². The van der Waals surface area contributed by atoms with Crippen LogP contribution in [-0.4, -0.2) is 25.1 Å². The van der Waals surface area contributed by atoms with Crippen molar-refractivity contribution in [1.82, 2.24) is 10.6 Å². The second-order valence-electron chi connectivity index (χ2n) is 7.76. The van der Waals surface area contributed by atoms with Crippen molar-refractivity contribution in [3.05, 3.63) is 108 Å². The Kier molecular flexibility index (Phi) is 8.44. The molecule has 3 aromatic rings. The fraction of sp³-hybridized carbons (Fsp3) is 0.259. The molecule has 0 aromatic heterocycles. The number of hydrogen-bond acceptors (Lipinski definition) is 3. The maximum atomic E-state index is 12.6. The van der Waals surface area contributed by atoms with Crippen LogP contribution in [0.5, 0.6) is 0 Å². The Labute approximate surface area is 189 Å². The molecule has 0 aliphatic carbocycles. The third-order valence-electron chi connectivity index (χ3n) is 5.52. The van der Waals surface area contributed by atoms with Gasteiger partial charge in [-0.05, 0) is 23.1 Å². The molecule has 0 unspecified atom stereocenters. The highest BCUT2D eigenvalue weighted by molar-refractivity contribution is 5.82. The summed E-state index contributed by atoms with van der Waals surface area (Å²) in [4.78, 5) is 24.5. The first-order chi connectivity index (χ1) is 15.6. The van der Waals surface area contributed by atoms with Crippen molar-refractivity contribution in [2.24, 2.45) is 0 Å². The lowest BCUT2D eigenvalue weighted by molar-refractivity contribution is -0.120. The van der Waals surface area contributed by atoms with Gasteiger partial charge in [-0.15, -0.1) is 0 Å². The minimum absolute atomic E-state index is 0.139. The predicted molar refractivity (Wildman–Crippen MR) is 126 cm³/mol. The van der Waals surface area contributed by atoms with E-state index >= 15 is 0 Å². The number of rotatable bonds is 10. The molecule has 2 N–H and O–H groups in total. The Morgan fingerprint density at radius 2 is 1.31 bits per heavy atom. The van der Waals surface area contributed by atoms with Gasteiger partial charge in [0.1, 0.15) is 6.61 Å². The van der Waals surface area contributed by atoms with Crippen LogP contribution in [0.25, 0.3) is 0 Å². The van der Waals surface area contributed by atoms with Crippen molar-refractivity contribution in [3.63, 3.8) is 0 Å². The van der Waals surface area contributed by atoms with Crippen molar-refractivity contribution < 1.29 is 14.3 Å². The molecule has 166 valence electrons. The summed E-state index contributed by atoms with van der Waals surface area (Å²) in [7, 11) is 0. The Morgan fingerprint density at radius 1 is 0.781 bits per heavy atom. The molecule has 0 heterocycles. The van der Waals surface area contributed by atoms with Crippen molar-refractivity contribution in [1.29, 1.82) is 0 Å². The van der Waals surface area contributed by atoms with E-state index in [2.05, 4.69) is 41.8 Å². The lowest BCUT2D eigenvalue weighted by atomic mass is 9.71. The zero-order valence-electron chi connectivity index (χ0n) is 18.4. The summed E-state index contributed by atoms with van der Waals surface area (Å²) in [5, 5.41) is 5.55. The molecule has 32 heavy (non-hydrogen) atoms. The Bertz CT molecular complexity index is 936. The van der Waals surface area contributed by atoms with Gasteiger partial charge in [0.05, 0.1) is 6.54 Å².